The van der Waals surface area contributed by atoms with E-state index in [1.807, 2.05) is 0 Å². The maximum absolute atomic E-state index is 16.1. The van der Waals surface area contributed by atoms with Crippen LogP contribution in [0.5, 0.6) is 5.75 Å². The van der Waals surface area contributed by atoms with Gasteiger partial charge in [-0.3, -0.25) is 9.09 Å². The van der Waals surface area contributed by atoms with E-state index >= 15 is 4.39 Å². The van der Waals surface area contributed by atoms with E-state index in [1.54, 1.807) is 58.3 Å². The number of ether oxygens (including phenoxy) is 2. The highest BCUT2D eigenvalue weighted by atomic mass is 31.2. The highest BCUT2D eigenvalue weighted by Gasteiger charge is 2.56. The summed E-state index contributed by atoms with van der Waals surface area (Å²) in [4.78, 5) is 13.0. The standard InChI is InChI=1S/C25H37FN7O7P/c1-14(2)38-22(35)15(3)32-41(36,40-16-10-8-7-9-11-16)37-12-17-19(34)25(4,26)23(39-17)33-13-29-18-20(27-5)30-24(28-6)31-21(18)33/h7-11,13-15,17,19,22-23,34-35H,12H2,1-6H3,(H,32,36)(H2,27,28,30,31)/t15-,17+,19+,22?,23+,25+,41?/m0/s1. The summed E-state index contributed by atoms with van der Waals surface area (Å²) in [6.45, 7) is 5.69. The second kappa shape index (κ2) is 12.5. The number of nitrogens with zero attached hydrogens (tertiary/aromatic N) is 4. The number of aromatic nitrogens is 4. The van der Waals surface area contributed by atoms with Gasteiger partial charge in [0.2, 0.25) is 5.95 Å². The number of hydrogen-bond donors (Lipinski definition) is 5. The van der Waals surface area contributed by atoms with Gasteiger partial charge in [0.1, 0.15) is 18.0 Å². The van der Waals surface area contributed by atoms with Gasteiger partial charge in [0, 0.05) is 14.1 Å². The number of imidazole rings is 1. The van der Waals surface area contributed by atoms with E-state index in [2.05, 4.69) is 30.7 Å². The van der Waals surface area contributed by atoms with Crippen LogP contribution in [0, 0.1) is 0 Å². The Hall–Kier alpha value is -2.91. The van der Waals surface area contributed by atoms with Crippen LogP contribution in [-0.2, 0) is 18.6 Å². The van der Waals surface area contributed by atoms with Crippen molar-refractivity contribution >= 4 is 30.7 Å². The van der Waals surface area contributed by atoms with Crippen molar-refractivity contribution < 1.29 is 37.7 Å². The molecule has 1 fully saturated rings. The third-order valence-electron chi connectivity index (χ3n) is 6.43. The Labute approximate surface area is 237 Å². The van der Waals surface area contributed by atoms with Crippen molar-refractivity contribution in [2.45, 2.75) is 70.2 Å². The second-order valence-electron chi connectivity index (χ2n) is 10.0. The molecule has 2 aromatic heterocycles. The minimum atomic E-state index is -4.22. The molecule has 0 bridgehead atoms. The Morgan fingerprint density at radius 1 is 1.20 bits per heavy atom. The lowest BCUT2D eigenvalue weighted by Gasteiger charge is -2.28. The Bertz CT molecular complexity index is 1360. The molecule has 14 nitrogen and oxygen atoms in total. The van der Waals surface area contributed by atoms with Gasteiger partial charge in [-0.25, -0.2) is 19.0 Å². The van der Waals surface area contributed by atoms with Crippen LogP contribution in [0.15, 0.2) is 36.7 Å². The fourth-order valence-electron chi connectivity index (χ4n) is 4.32. The molecule has 41 heavy (non-hydrogen) atoms. The van der Waals surface area contributed by atoms with Crippen LogP contribution in [-0.4, -0.2) is 86.7 Å². The zero-order chi connectivity index (χ0) is 29.9. The molecule has 1 aromatic carbocycles. The highest BCUT2D eigenvalue weighted by Crippen LogP contribution is 2.48. The first-order valence-electron chi connectivity index (χ1n) is 13.1. The number of hydrogen-bond acceptors (Lipinski definition) is 12. The molecular formula is C25H37FN7O7P. The molecule has 0 spiro atoms. The van der Waals surface area contributed by atoms with Crippen LogP contribution in [0.25, 0.3) is 11.2 Å². The number of alkyl halides is 1. The molecule has 1 aliphatic rings. The van der Waals surface area contributed by atoms with Gasteiger partial charge in [-0.15, -0.1) is 0 Å². The van der Waals surface area contributed by atoms with E-state index < -0.39 is 50.8 Å². The van der Waals surface area contributed by atoms with E-state index in [4.69, 9.17) is 18.5 Å². The lowest BCUT2D eigenvalue weighted by Crippen LogP contribution is -2.42. The normalized spacial score (nSPS) is 25.7. The molecule has 4 rings (SSSR count). The van der Waals surface area contributed by atoms with Crippen molar-refractivity contribution in [3.05, 3.63) is 36.7 Å². The summed E-state index contributed by atoms with van der Waals surface area (Å²) in [7, 11) is -0.906. The summed E-state index contributed by atoms with van der Waals surface area (Å²) in [6, 6.07) is 7.37. The number of fused-ring (bicyclic) bond motifs is 1. The third kappa shape index (κ3) is 6.78. The van der Waals surface area contributed by atoms with Crippen molar-refractivity contribution in [3.63, 3.8) is 0 Å². The van der Waals surface area contributed by atoms with Gasteiger partial charge in [-0.05, 0) is 39.8 Å². The molecule has 16 heteroatoms. The largest absolute Gasteiger partial charge is 0.459 e. The Kier molecular flexibility index (Phi) is 9.49. The number of aliphatic hydroxyl groups is 2. The Morgan fingerprint density at radius 3 is 2.54 bits per heavy atom. The fourth-order valence-corrected chi connectivity index (χ4v) is 5.87. The second-order valence-corrected chi connectivity index (χ2v) is 11.7. The van der Waals surface area contributed by atoms with Gasteiger partial charge in [0.25, 0.3) is 0 Å². The Balaban J connectivity index is 1.57. The van der Waals surface area contributed by atoms with Gasteiger partial charge in [0.05, 0.1) is 25.1 Å². The lowest BCUT2D eigenvalue weighted by molar-refractivity contribution is -0.138. The molecule has 3 heterocycles. The summed E-state index contributed by atoms with van der Waals surface area (Å²) in [5.74, 6) is 0.909. The number of benzene rings is 1. The molecule has 3 aromatic rings. The number of nitrogens with one attached hydrogen (secondary N) is 3. The molecule has 5 N–H and O–H groups in total. The lowest BCUT2D eigenvalue weighted by atomic mass is 9.98. The van der Waals surface area contributed by atoms with Crippen LogP contribution in [0.4, 0.5) is 16.2 Å². The summed E-state index contributed by atoms with van der Waals surface area (Å²) in [5, 5.41) is 29.7. The average Bonchev–Trinajstić information content (AvgIpc) is 3.44. The first-order valence-corrected chi connectivity index (χ1v) is 14.7. The van der Waals surface area contributed by atoms with E-state index in [0.29, 0.717) is 11.3 Å². The molecule has 7 atom stereocenters. The van der Waals surface area contributed by atoms with Crippen LogP contribution < -0.4 is 20.2 Å². The van der Waals surface area contributed by atoms with Crippen LogP contribution in [0.1, 0.15) is 33.9 Å². The predicted molar refractivity (Wildman–Crippen MR) is 149 cm³/mol. The third-order valence-corrected chi connectivity index (χ3v) is 8.09. The highest BCUT2D eigenvalue weighted by molar-refractivity contribution is 7.52. The van der Waals surface area contributed by atoms with Crippen molar-refractivity contribution in [2.75, 3.05) is 31.3 Å². The molecule has 1 saturated heterocycles. The Morgan fingerprint density at radius 2 is 1.90 bits per heavy atom. The monoisotopic (exact) mass is 597 g/mol. The van der Waals surface area contributed by atoms with Gasteiger partial charge < -0.3 is 34.8 Å². The van der Waals surface area contributed by atoms with Crippen molar-refractivity contribution in [2.24, 2.45) is 0 Å². The molecule has 1 aliphatic heterocycles. The molecule has 226 valence electrons. The van der Waals surface area contributed by atoms with Crippen LogP contribution >= 0.6 is 7.75 Å². The summed E-state index contributed by atoms with van der Waals surface area (Å²) in [6.07, 6.45) is -4.59. The molecule has 0 aliphatic carbocycles. The first kappa shape index (κ1) is 31.0. The average molecular weight is 598 g/mol. The smallest absolute Gasteiger partial charge is 0.413 e. The first-order chi connectivity index (χ1) is 19.4. The topological polar surface area (TPSA) is 174 Å². The SMILES string of the molecule is CNc1nc(NC)c2ncn([C@@H]3O[C@H](COP(=O)(N[C@@H](C)C(O)OC(C)C)Oc4ccccc4)[C@@H](O)[C@@]3(C)F)c2n1. The number of aliphatic hydroxyl groups excluding tert-OH is 2. The zero-order valence-corrected chi connectivity index (χ0v) is 24.6. The minimum absolute atomic E-state index is 0.223. The minimum Gasteiger partial charge on any atom is -0.413 e. The number of rotatable bonds is 13. The predicted octanol–water partition coefficient (Wildman–Crippen LogP) is 2.82. The molecule has 0 amide bonds. The van der Waals surface area contributed by atoms with E-state index in [0.717, 1.165) is 0 Å². The quantitative estimate of drug-likeness (QED) is 0.144. The molecule has 0 radical (unpaired) electrons. The van der Waals surface area contributed by atoms with E-state index in [1.165, 1.54) is 24.7 Å². The van der Waals surface area contributed by atoms with Gasteiger partial charge in [-0.1, -0.05) is 18.2 Å². The van der Waals surface area contributed by atoms with E-state index in [-0.39, 0.29) is 23.4 Å². The van der Waals surface area contributed by atoms with Crippen molar-refractivity contribution in [1.82, 2.24) is 24.6 Å². The van der Waals surface area contributed by atoms with Crippen LogP contribution in [0.2, 0.25) is 0 Å². The maximum Gasteiger partial charge on any atom is 0.459 e. The van der Waals surface area contributed by atoms with E-state index in [9.17, 15) is 14.8 Å². The number of halogens is 1. The zero-order valence-electron chi connectivity index (χ0n) is 23.7. The number of anilines is 2. The van der Waals surface area contributed by atoms with Crippen LogP contribution in [0.3, 0.4) is 0 Å². The molecule has 2 unspecified atom stereocenters. The number of para-hydroxylation sites is 1. The van der Waals surface area contributed by atoms with Crippen molar-refractivity contribution in [3.8, 4) is 5.75 Å². The molecule has 0 saturated carbocycles. The van der Waals surface area contributed by atoms with Crippen molar-refractivity contribution in [1.29, 1.82) is 0 Å². The van der Waals surface area contributed by atoms with Gasteiger partial charge in [0.15, 0.2) is 35.2 Å². The van der Waals surface area contributed by atoms with Gasteiger partial charge >= 0.3 is 7.75 Å². The molecular weight excluding hydrogens is 560 g/mol. The summed E-state index contributed by atoms with van der Waals surface area (Å²) in [5.41, 5.74) is -1.68. The summed E-state index contributed by atoms with van der Waals surface area (Å²) < 4.78 is 53.9. The van der Waals surface area contributed by atoms with Gasteiger partial charge in [-0.2, -0.15) is 9.97 Å². The fraction of sp³-hybridized carbons (Fsp3) is 0.560. The maximum atomic E-state index is 16.1. The summed E-state index contributed by atoms with van der Waals surface area (Å²) >= 11 is 0.